The molecule has 2 aliphatic rings. The number of anilines is 1. The van der Waals surface area contributed by atoms with Gasteiger partial charge in [0.2, 0.25) is 0 Å². The molecule has 2 fully saturated rings. The molecule has 2 aliphatic heterocycles. The van der Waals surface area contributed by atoms with Crippen LogP contribution in [0.2, 0.25) is 0 Å². The van der Waals surface area contributed by atoms with E-state index in [1.54, 1.807) is 9.34 Å². The lowest BCUT2D eigenvalue weighted by atomic mass is 10.3. The predicted molar refractivity (Wildman–Crippen MR) is 76.0 cm³/mol. The van der Waals surface area contributed by atoms with Gasteiger partial charge in [-0.25, -0.2) is 14.1 Å². The largest absolute Gasteiger partial charge is 0.326 e. The summed E-state index contributed by atoms with van der Waals surface area (Å²) in [5.74, 6) is 0. The molecular formula is C11H14N5O4P. The molecule has 10 heteroatoms. The van der Waals surface area contributed by atoms with Crippen LogP contribution < -0.4 is 10.4 Å². The summed E-state index contributed by atoms with van der Waals surface area (Å²) in [5, 5.41) is 15.6. The van der Waals surface area contributed by atoms with Crippen LogP contribution in [-0.4, -0.2) is 46.5 Å². The molecule has 3 rings (SSSR count). The Bertz CT molecular complexity index is 610. The van der Waals surface area contributed by atoms with E-state index in [4.69, 9.17) is 0 Å². The molecule has 0 bridgehead atoms. The fraction of sp³-hybridized carbons (Fsp3) is 0.364. The molecule has 1 aromatic rings. The summed E-state index contributed by atoms with van der Waals surface area (Å²) in [7, 11) is -2.96. The quantitative estimate of drug-likeness (QED) is 0.369. The van der Waals surface area contributed by atoms with Gasteiger partial charge in [-0.05, 0) is 12.1 Å². The highest BCUT2D eigenvalue weighted by molar-refractivity contribution is 7.58. The molecule has 0 aliphatic carbocycles. The van der Waals surface area contributed by atoms with Crippen LogP contribution in [0, 0.1) is 10.1 Å². The van der Waals surface area contributed by atoms with Gasteiger partial charge in [0.05, 0.1) is 4.92 Å². The molecule has 0 atom stereocenters. The minimum Gasteiger partial charge on any atom is -0.308 e. The molecule has 2 amide bonds. The lowest BCUT2D eigenvalue weighted by Crippen LogP contribution is -2.31. The minimum absolute atomic E-state index is 0.0557. The van der Waals surface area contributed by atoms with Crippen molar-refractivity contribution in [2.24, 2.45) is 0 Å². The van der Waals surface area contributed by atoms with Crippen LogP contribution in [0.1, 0.15) is 0 Å². The van der Waals surface area contributed by atoms with E-state index in [1.165, 1.54) is 24.3 Å². The topological polar surface area (TPSA) is 107 Å². The maximum Gasteiger partial charge on any atom is 0.326 e. The number of non-ortho nitro benzene ring substituents is 1. The van der Waals surface area contributed by atoms with E-state index >= 15 is 0 Å². The van der Waals surface area contributed by atoms with Gasteiger partial charge >= 0.3 is 13.6 Å². The number of benzene rings is 1. The minimum atomic E-state index is -2.96. The summed E-state index contributed by atoms with van der Waals surface area (Å²) in [6.07, 6.45) is 0. The van der Waals surface area contributed by atoms with Gasteiger partial charge in [0.1, 0.15) is 0 Å². The van der Waals surface area contributed by atoms with Crippen molar-refractivity contribution in [1.82, 2.24) is 14.4 Å². The van der Waals surface area contributed by atoms with Gasteiger partial charge in [-0.3, -0.25) is 19.8 Å². The molecule has 0 unspecified atom stereocenters. The number of nitro groups is 1. The number of rotatable bonds is 5. The second-order valence-corrected chi connectivity index (χ2v) is 7.26. The van der Waals surface area contributed by atoms with Crippen LogP contribution >= 0.6 is 7.59 Å². The van der Waals surface area contributed by atoms with Crippen molar-refractivity contribution in [1.29, 1.82) is 0 Å². The Morgan fingerprint density at radius 2 is 1.67 bits per heavy atom. The van der Waals surface area contributed by atoms with Crippen molar-refractivity contribution in [3.05, 3.63) is 34.4 Å². The average Bonchev–Trinajstić information content (AvgIpc) is 3.30. The van der Waals surface area contributed by atoms with Crippen LogP contribution in [0.25, 0.3) is 0 Å². The highest BCUT2D eigenvalue weighted by Crippen LogP contribution is 2.56. The zero-order valence-corrected chi connectivity index (χ0v) is 12.0. The van der Waals surface area contributed by atoms with Crippen LogP contribution in [-0.2, 0) is 4.57 Å². The molecular weight excluding hydrogens is 297 g/mol. The van der Waals surface area contributed by atoms with Crippen molar-refractivity contribution >= 4 is 25.0 Å². The Hall–Kier alpha value is -1.96. The third-order valence-corrected chi connectivity index (χ3v) is 6.03. The predicted octanol–water partition coefficient (Wildman–Crippen LogP) is 1.46. The van der Waals surface area contributed by atoms with Crippen molar-refractivity contribution in [2.45, 2.75) is 0 Å². The summed E-state index contributed by atoms with van der Waals surface area (Å²) in [6.45, 7) is 2.86. The van der Waals surface area contributed by atoms with Gasteiger partial charge in [0.25, 0.3) is 5.69 Å². The lowest BCUT2D eigenvalue weighted by Gasteiger charge is -2.21. The Kier molecular flexibility index (Phi) is 3.40. The maximum absolute atomic E-state index is 12.7. The van der Waals surface area contributed by atoms with Gasteiger partial charge < -0.3 is 5.32 Å². The number of amides is 2. The van der Waals surface area contributed by atoms with Crippen LogP contribution in [0.15, 0.2) is 24.3 Å². The maximum atomic E-state index is 12.7. The van der Waals surface area contributed by atoms with E-state index in [2.05, 4.69) is 10.4 Å². The van der Waals surface area contributed by atoms with Crippen molar-refractivity contribution in [2.75, 3.05) is 31.5 Å². The second-order valence-electron chi connectivity index (χ2n) is 4.82. The van der Waals surface area contributed by atoms with Crippen LogP contribution in [0.4, 0.5) is 16.2 Å². The fourth-order valence-corrected chi connectivity index (χ4v) is 4.13. The van der Waals surface area contributed by atoms with Crippen molar-refractivity contribution in [3.63, 3.8) is 0 Å². The first-order valence-electron chi connectivity index (χ1n) is 6.44. The SMILES string of the molecule is O=C(Nc1ccc([N+](=O)[O-])cc1)NP(=O)(N1CC1)N1CC1. The molecule has 0 aromatic heterocycles. The molecule has 2 N–H and O–H groups in total. The first-order chi connectivity index (χ1) is 9.99. The van der Waals surface area contributed by atoms with Gasteiger partial charge in [0, 0.05) is 44.0 Å². The number of nitro benzene ring substituents is 1. The molecule has 0 saturated carbocycles. The monoisotopic (exact) mass is 311 g/mol. The summed E-state index contributed by atoms with van der Waals surface area (Å²) in [4.78, 5) is 22.0. The summed E-state index contributed by atoms with van der Waals surface area (Å²) in [5.41, 5.74) is 0.348. The number of urea groups is 1. The summed E-state index contributed by atoms with van der Waals surface area (Å²) in [6, 6.07) is 4.87. The second kappa shape index (κ2) is 5.10. The number of hydrogen-bond donors (Lipinski definition) is 2. The smallest absolute Gasteiger partial charge is 0.308 e. The fourth-order valence-electron chi connectivity index (χ4n) is 1.91. The standard InChI is InChI=1S/C11H14N5O4P/c17-11(12-9-1-3-10(4-2-9)16(18)19)13-21(20,14-5-6-14)15-7-8-15/h1-4H,5-8H2,(H2,12,13,17,20). The zero-order valence-electron chi connectivity index (χ0n) is 11.1. The summed E-state index contributed by atoms with van der Waals surface area (Å²) >= 11 is 0. The highest BCUT2D eigenvalue weighted by Gasteiger charge is 2.49. The number of nitrogens with one attached hydrogen (secondary N) is 2. The first-order valence-corrected chi connectivity index (χ1v) is 8.05. The Balaban J connectivity index is 1.63. The third kappa shape index (κ3) is 3.05. The van der Waals surface area contributed by atoms with Crippen molar-refractivity contribution < 1.29 is 14.3 Å². The van der Waals surface area contributed by atoms with E-state index in [-0.39, 0.29) is 5.69 Å². The third-order valence-electron chi connectivity index (χ3n) is 3.20. The average molecular weight is 311 g/mol. The van der Waals surface area contributed by atoms with Crippen LogP contribution in [0.3, 0.4) is 0 Å². The number of carbonyl (C=O) groups excluding carboxylic acids is 1. The van der Waals surface area contributed by atoms with Gasteiger partial charge in [-0.15, -0.1) is 0 Å². The Morgan fingerprint density at radius 3 is 2.10 bits per heavy atom. The molecule has 0 spiro atoms. The molecule has 21 heavy (non-hydrogen) atoms. The molecule has 0 radical (unpaired) electrons. The zero-order chi connectivity index (χ0) is 15.0. The number of nitrogens with zero attached hydrogens (tertiary/aromatic N) is 3. The molecule has 1 aromatic carbocycles. The van der Waals surface area contributed by atoms with E-state index < -0.39 is 18.5 Å². The Morgan fingerprint density at radius 1 is 1.14 bits per heavy atom. The van der Waals surface area contributed by atoms with Gasteiger partial charge in [0.15, 0.2) is 0 Å². The highest BCUT2D eigenvalue weighted by atomic mass is 31.2. The summed E-state index contributed by atoms with van der Waals surface area (Å²) < 4.78 is 16.1. The molecule has 2 saturated heterocycles. The normalized spacial score (nSPS) is 18.1. The first kappa shape index (κ1) is 14.0. The number of hydrogen-bond acceptors (Lipinski definition) is 4. The van der Waals surface area contributed by atoms with Crippen molar-refractivity contribution in [3.8, 4) is 0 Å². The van der Waals surface area contributed by atoms with E-state index in [9.17, 15) is 19.5 Å². The van der Waals surface area contributed by atoms with Gasteiger partial charge in [-0.1, -0.05) is 0 Å². The number of carbonyl (C=O) groups is 1. The van der Waals surface area contributed by atoms with Gasteiger partial charge in [-0.2, -0.15) is 0 Å². The van der Waals surface area contributed by atoms with E-state index in [0.717, 1.165) is 0 Å². The molecule has 9 nitrogen and oxygen atoms in total. The Labute approximate surface area is 120 Å². The van der Waals surface area contributed by atoms with E-state index in [0.29, 0.717) is 31.9 Å². The molecule has 2 heterocycles. The van der Waals surface area contributed by atoms with E-state index in [1.807, 2.05) is 0 Å². The van der Waals surface area contributed by atoms with Crippen LogP contribution in [0.5, 0.6) is 0 Å². The lowest BCUT2D eigenvalue weighted by molar-refractivity contribution is -0.384. The molecule has 112 valence electrons.